The molecule has 0 radical (unpaired) electrons. The Morgan fingerprint density at radius 1 is 1.30 bits per heavy atom. The van der Waals surface area contributed by atoms with Crippen LogP contribution in [0.4, 0.5) is 0 Å². The Morgan fingerprint density at radius 3 is 2.57 bits per heavy atom. The number of nitrogens with one attached hydrogen (secondary N) is 2. The van der Waals surface area contributed by atoms with Crippen molar-refractivity contribution in [1.29, 1.82) is 0 Å². The molecule has 0 saturated carbocycles. The average Bonchev–Trinajstić information content (AvgIpc) is 2.45. The van der Waals surface area contributed by atoms with E-state index in [4.69, 9.17) is 5.11 Å². The molecule has 0 aliphatic carbocycles. The highest BCUT2D eigenvalue weighted by Crippen LogP contribution is 2.23. The molecule has 0 spiro atoms. The van der Waals surface area contributed by atoms with Gasteiger partial charge in [-0.15, -0.1) is 0 Å². The second-order valence-corrected chi connectivity index (χ2v) is 6.19. The van der Waals surface area contributed by atoms with Gasteiger partial charge < -0.3 is 15.4 Å². The molecule has 0 bridgehead atoms. The van der Waals surface area contributed by atoms with Crippen LogP contribution in [0.3, 0.4) is 0 Å². The molecular formula is C17H20N2O4. The molecule has 0 aliphatic rings. The maximum atomic E-state index is 12.7. The predicted octanol–water partition coefficient (Wildman–Crippen LogP) is 2.15. The number of para-hydroxylation sites is 1. The van der Waals surface area contributed by atoms with E-state index in [2.05, 4.69) is 10.3 Å². The van der Waals surface area contributed by atoms with Gasteiger partial charge >= 0.3 is 5.97 Å². The Morgan fingerprint density at radius 2 is 1.96 bits per heavy atom. The largest absolute Gasteiger partial charge is 0.481 e. The van der Waals surface area contributed by atoms with Gasteiger partial charge in [0.15, 0.2) is 0 Å². The van der Waals surface area contributed by atoms with Crippen molar-refractivity contribution >= 4 is 22.8 Å². The Balaban J connectivity index is 2.44. The Bertz CT molecular complexity index is 810. The number of benzene rings is 1. The van der Waals surface area contributed by atoms with Crippen molar-refractivity contribution in [3.63, 3.8) is 0 Å². The van der Waals surface area contributed by atoms with Crippen LogP contribution in [-0.2, 0) is 4.79 Å². The number of fused-ring (bicyclic) bond motifs is 1. The maximum absolute atomic E-state index is 12.7. The first-order valence-corrected chi connectivity index (χ1v) is 7.39. The molecule has 1 amide bonds. The van der Waals surface area contributed by atoms with Crippen molar-refractivity contribution < 1.29 is 14.7 Å². The molecule has 0 fully saturated rings. The van der Waals surface area contributed by atoms with Crippen molar-refractivity contribution in [2.24, 2.45) is 5.92 Å². The Labute approximate surface area is 133 Å². The summed E-state index contributed by atoms with van der Waals surface area (Å²) in [4.78, 5) is 38.2. The number of aromatic amines is 1. The summed E-state index contributed by atoms with van der Waals surface area (Å²) in [7, 11) is 0. The molecule has 122 valence electrons. The highest BCUT2D eigenvalue weighted by atomic mass is 16.4. The molecule has 2 aromatic rings. The van der Waals surface area contributed by atoms with E-state index in [1.165, 1.54) is 6.07 Å². The van der Waals surface area contributed by atoms with Crippen LogP contribution in [0, 0.1) is 5.92 Å². The maximum Gasteiger partial charge on any atom is 0.305 e. The van der Waals surface area contributed by atoms with Crippen LogP contribution in [0.15, 0.2) is 35.1 Å². The lowest BCUT2D eigenvalue weighted by molar-refractivity contribution is -0.138. The minimum atomic E-state index is -0.989. The highest BCUT2D eigenvalue weighted by molar-refractivity contribution is 6.06. The van der Waals surface area contributed by atoms with Crippen LogP contribution in [0.5, 0.6) is 0 Å². The topological polar surface area (TPSA) is 99.3 Å². The summed E-state index contributed by atoms with van der Waals surface area (Å²) in [6.45, 7) is 5.39. The molecule has 3 N–H and O–H groups in total. The summed E-state index contributed by atoms with van der Waals surface area (Å²) in [6.07, 6.45) is -0.197. The van der Waals surface area contributed by atoms with E-state index >= 15 is 0 Å². The molecule has 1 aromatic heterocycles. The number of carboxylic acids is 1. The van der Waals surface area contributed by atoms with Gasteiger partial charge in [-0.3, -0.25) is 14.4 Å². The number of carbonyl (C=O) groups is 2. The average molecular weight is 316 g/mol. The van der Waals surface area contributed by atoms with Gasteiger partial charge in [0.2, 0.25) is 5.56 Å². The van der Waals surface area contributed by atoms with Gasteiger partial charge in [0.1, 0.15) is 0 Å². The molecule has 1 aromatic carbocycles. The number of aliphatic carboxylic acids is 1. The Kier molecular flexibility index (Phi) is 4.54. The molecule has 2 rings (SSSR count). The van der Waals surface area contributed by atoms with Gasteiger partial charge in [-0.05, 0) is 18.9 Å². The zero-order valence-electron chi connectivity index (χ0n) is 13.3. The van der Waals surface area contributed by atoms with Gasteiger partial charge in [-0.25, -0.2) is 0 Å². The minimum Gasteiger partial charge on any atom is -0.481 e. The molecule has 6 nitrogen and oxygen atoms in total. The van der Waals surface area contributed by atoms with Crippen molar-refractivity contribution in [1.82, 2.24) is 10.3 Å². The van der Waals surface area contributed by atoms with Gasteiger partial charge in [0, 0.05) is 17.0 Å². The van der Waals surface area contributed by atoms with Crippen molar-refractivity contribution in [2.75, 3.05) is 0 Å². The lowest BCUT2D eigenvalue weighted by Gasteiger charge is -2.33. The molecule has 23 heavy (non-hydrogen) atoms. The fraction of sp³-hybridized carbons (Fsp3) is 0.353. The molecule has 1 unspecified atom stereocenters. The number of pyridine rings is 1. The molecule has 0 saturated heterocycles. The summed E-state index contributed by atoms with van der Waals surface area (Å²) < 4.78 is 0. The van der Waals surface area contributed by atoms with Crippen LogP contribution in [0.2, 0.25) is 0 Å². The fourth-order valence-corrected chi connectivity index (χ4v) is 2.43. The number of amides is 1. The number of rotatable bonds is 5. The Hall–Kier alpha value is -2.63. The summed E-state index contributed by atoms with van der Waals surface area (Å²) in [5.74, 6) is -1.53. The number of hydrogen-bond acceptors (Lipinski definition) is 3. The molecule has 0 aliphatic heterocycles. The van der Waals surface area contributed by atoms with E-state index in [0.717, 1.165) is 0 Å². The third kappa shape index (κ3) is 3.59. The van der Waals surface area contributed by atoms with Crippen LogP contribution in [0.25, 0.3) is 10.9 Å². The summed E-state index contributed by atoms with van der Waals surface area (Å²) >= 11 is 0. The first-order valence-electron chi connectivity index (χ1n) is 7.39. The highest BCUT2D eigenvalue weighted by Gasteiger charge is 2.33. The standard InChI is InChI=1S/C17H20N2O4/c1-10(2)17(3,9-15(21)22)19-16(23)12-8-14(20)18-13-7-5-4-6-11(12)13/h4-8,10H,9H2,1-3H3,(H,18,20)(H,19,23)(H,21,22). The first-order chi connectivity index (χ1) is 10.7. The number of aromatic nitrogens is 1. The quantitative estimate of drug-likeness (QED) is 0.787. The smallest absolute Gasteiger partial charge is 0.305 e. The van der Waals surface area contributed by atoms with E-state index < -0.39 is 17.4 Å². The second-order valence-electron chi connectivity index (χ2n) is 6.19. The van der Waals surface area contributed by atoms with E-state index in [1.807, 2.05) is 13.8 Å². The monoisotopic (exact) mass is 316 g/mol. The van der Waals surface area contributed by atoms with Gasteiger partial charge in [0.05, 0.1) is 17.5 Å². The van der Waals surface area contributed by atoms with Crippen molar-refractivity contribution in [3.05, 3.63) is 46.2 Å². The summed E-state index contributed by atoms with van der Waals surface area (Å²) in [5.41, 5.74) is -0.485. The van der Waals surface area contributed by atoms with E-state index in [9.17, 15) is 14.4 Å². The molecule has 1 heterocycles. The second kappa shape index (κ2) is 6.24. The van der Waals surface area contributed by atoms with Gasteiger partial charge in [-0.1, -0.05) is 32.0 Å². The SMILES string of the molecule is CC(C)C(C)(CC(=O)O)NC(=O)c1cc(=O)[nH]c2ccccc12. The normalized spacial score (nSPS) is 13.7. The van der Waals surface area contributed by atoms with E-state index in [1.54, 1.807) is 31.2 Å². The molecular weight excluding hydrogens is 296 g/mol. The van der Waals surface area contributed by atoms with E-state index in [-0.39, 0.29) is 23.5 Å². The zero-order valence-corrected chi connectivity index (χ0v) is 13.3. The summed E-state index contributed by atoms with van der Waals surface area (Å²) in [6, 6.07) is 8.23. The first kappa shape index (κ1) is 16.7. The van der Waals surface area contributed by atoms with Crippen molar-refractivity contribution in [3.8, 4) is 0 Å². The predicted molar refractivity (Wildman–Crippen MR) is 87.5 cm³/mol. The van der Waals surface area contributed by atoms with Crippen LogP contribution >= 0.6 is 0 Å². The minimum absolute atomic E-state index is 0.0872. The van der Waals surface area contributed by atoms with Crippen molar-refractivity contribution in [2.45, 2.75) is 32.7 Å². The van der Waals surface area contributed by atoms with Crippen LogP contribution < -0.4 is 10.9 Å². The number of H-pyrrole nitrogens is 1. The number of hydrogen-bond donors (Lipinski definition) is 3. The number of carboxylic acid groups (broad SMARTS) is 1. The summed E-state index contributed by atoms with van der Waals surface area (Å²) in [5, 5.41) is 12.5. The van der Waals surface area contributed by atoms with E-state index in [0.29, 0.717) is 10.9 Å². The third-order valence-corrected chi connectivity index (χ3v) is 4.19. The van der Waals surface area contributed by atoms with Crippen LogP contribution in [0.1, 0.15) is 37.6 Å². The molecule has 6 heteroatoms. The zero-order chi connectivity index (χ0) is 17.2. The fourth-order valence-electron chi connectivity index (χ4n) is 2.43. The molecule has 1 atom stereocenters. The van der Waals surface area contributed by atoms with Gasteiger partial charge in [0.25, 0.3) is 5.91 Å². The third-order valence-electron chi connectivity index (χ3n) is 4.19. The lowest BCUT2D eigenvalue weighted by atomic mass is 9.85. The van der Waals surface area contributed by atoms with Gasteiger partial charge in [-0.2, -0.15) is 0 Å². The number of carbonyl (C=O) groups excluding carboxylic acids is 1. The van der Waals surface area contributed by atoms with Crippen LogP contribution in [-0.4, -0.2) is 27.5 Å². The lowest BCUT2D eigenvalue weighted by Crippen LogP contribution is -2.51.